The number of anilines is 1. The van der Waals surface area contributed by atoms with Crippen LogP contribution in [0, 0.1) is 17.6 Å². The third-order valence-corrected chi connectivity index (χ3v) is 5.93. The van der Waals surface area contributed by atoms with E-state index in [1.807, 2.05) is 27.7 Å². The molecule has 1 saturated heterocycles. The van der Waals surface area contributed by atoms with Gasteiger partial charge in [0, 0.05) is 6.07 Å². The highest BCUT2D eigenvalue weighted by Gasteiger charge is 2.34. The highest BCUT2D eigenvalue weighted by atomic mass is 19.1. The molecule has 1 amide bonds. The van der Waals surface area contributed by atoms with Crippen molar-refractivity contribution in [3.63, 3.8) is 0 Å². The van der Waals surface area contributed by atoms with Crippen molar-refractivity contribution in [2.45, 2.75) is 59.0 Å². The van der Waals surface area contributed by atoms with Gasteiger partial charge in [0.15, 0.2) is 29.1 Å². The van der Waals surface area contributed by atoms with Gasteiger partial charge in [-0.3, -0.25) is 9.78 Å². The van der Waals surface area contributed by atoms with Gasteiger partial charge < -0.3 is 33.9 Å². The number of carbonyl (C=O) groups is 1. The molecule has 1 fully saturated rings. The van der Waals surface area contributed by atoms with Gasteiger partial charge in [0.2, 0.25) is 17.5 Å². The van der Waals surface area contributed by atoms with Gasteiger partial charge in [-0.05, 0) is 45.2 Å². The number of amides is 1. The quantitative estimate of drug-likeness (QED) is 0.342. The first-order valence-electron chi connectivity index (χ1n) is 12.6. The molecular formula is C27H32F2N4O6. The fourth-order valence-corrected chi connectivity index (χ4v) is 4.15. The van der Waals surface area contributed by atoms with Crippen molar-refractivity contribution in [2.24, 2.45) is 5.92 Å². The topological polar surface area (TPSA) is 117 Å². The van der Waals surface area contributed by atoms with Crippen LogP contribution in [0.5, 0.6) is 23.1 Å². The van der Waals surface area contributed by atoms with E-state index in [0.717, 1.165) is 12.1 Å². The van der Waals surface area contributed by atoms with Gasteiger partial charge in [-0.25, -0.2) is 9.37 Å². The second-order valence-corrected chi connectivity index (χ2v) is 9.94. The van der Waals surface area contributed by atoms with Crippen LogP contribution in [-0.2, 0) is 14.3 Å². The van der Waals surface area contributed by atoms with Crippen molar-refractivity contribution in [3.05, 3.63) is 54.1 Å². The number of hydrogen-bond donors (Lipinski definition) is 2. The molecule has 0 bridgehead atoms. The molecular weight excluding hydrogens is 514 g/mol. The van der Waals surface area contributed by atoms with Crippen LogP contribution in [0.25, 0.3) is 0 Å². The highest BCUT2D eigenvalue weighted by molar-refractivity contribution is 5.93. The van der Waals surface area contributed by atoms with E-state index in [2.05, 4.69) is 15.3 Å². The molecule has 12 heteroatoms. The Hall–Kier alpha value is -3.77. The van der Waals surface area contributed by atoms with E-state index in [1.54, 1.807) is 6.92 Å². The number of hydrogen-bond acceptors (Lipinski definition) is 8. The summed E-state index contributed by atoms with van der Waals surface area (Å²) in [5, 5.41) is 13.3. The van der Waals surface area contributed by atoms with E-state index in [1.165, 1.54) is 29.2 Å². The zero-order valence-corrected chi connectivity index (χ0v) is 22.4. The second kappa shape index (κ2) is 11.5. The lowest BCUT2D eigenvalue weighted by Gasteiger charge is -2.21. The lowest BCUT2D eigenvalue weighted by Crippen LogP contribution is -2.27. The Kier molecular flexibility index (Phi) is 8.36. The van der Waals surface area contributed by atoms with Crippen molar-refractivity contribution < 1.29 is 37.6 Å². The molecule has 210 valence electrons. The minimum atomic E-state index is -1.01. The predicted molar refractivity (Wildman–Crippen MR) is 137 cm³/mol. The minimum Gasteiger partial charge on any atom is -0.494 e. The number of nitrogens with zero attached hydrogens (tertiary/aromatic N) is 3. The summed E-state index contributed by atoms with van der Waals surface area (Å²) in [5.74, 6) is -4.12. The summed E-state index contributed by atoms with van der Waals surface area (Å²) >= 11 is 0. The molecule has 0 radical (unpaired) electrons. The van der Waals surface area contributed by atoms with Crippen molar-refractivity contribution in [2.75, 3.05) is 18.5 Å². The van der Waals surface area contributed by atoms with Crippen molar-refractivity contribution in [1.82, 2.24) is 14.5 Å². The number of nitrogens with one attached hydrogen (secondary N) is 1. The molecule has 0 aliphatic carbocycles. The molecule has 3 aromatic rings. The lowest BCUT2D eigenvalue weighted by atomic mass is 10.0. The molecule has 39 heavy (non-hydrogen) atoms. The summed E-state index contributed by atoms with van der Waals surface area (Å²) in [5.41, 5.74) is 0.565. The Labute approximate surface area is 224 Å². The monoisotopic (exact) mass is 546 g/mol. The Balaban J connectivity index is 1.52. The van der Waals surface area contributed by atoms with Gasteiger partial charge in [0.05, 0.1) is 37.5 Å². The first kappa shape index (κ1) is 28.2. The van der Waals surface area contributed by atoms with Crippen LogP contribution in [0.4, 0.5) is 14.6 Å². The highest BCUT2D eigenvalue weighted by Crippen LogP contribution is 2.37. The standard InChI is InChI=1S/C27H32F2N4O6/c1-6-36-20-8-7-17(28)25(24(20)29)38-16-10-23(34)33(13-16)19(9-15(2)3)26(35)32-22-12-30-18(11-31-22)21-14-37-27(4,5)39-21/h7-8,10-13,15,19,21,34H,6,9,14H2,1-5H3,(H,31,32,35)/t19-,21+/m0/s1. The van der Waals surface area contributed by atoms with Crippen LogP contribution in [0.15, 0.2) is 36.8 Å². The SMILES string of the molecule is CCOc1ccc(F)c(Oc2cc(O)n([C@@H](CC(C)C)C(=O)Nc3cnc([C@H]4COC(C)(C)O4)cn3)c2)c1F. The van der Waals surface area contributed by atoms with Crippen LogP contribution in [0.1, 0.15) is 58.9 Å². The summed E-state index contributed by atoms with van der Waals surface area (Å²) in [6.45, 7) is 9.64. The predicted octanol–water partition coefficient (Wildman–Crippen LogP) is 5.50. The van der Waals surface area contributed by atoms with E-state index < -0.39 is 35.1 Å². The van der Waals surface area contributed by atoms with E-state index in [9.17, 15) is 18.7 Å². The second-order valence-electron chi connectivity index (χ2n) is 9.94. The van der Waals surface area contributed by atoms with Crippen LogP contribution < -0.4 is 14.8 Å². The maximum atomic E-state index is 14.7. The van der Waals surface area contributed by atoms with E-state index in [4.69, 9.17) is 18.9 Å². The fraction of sp³-hybridized carbons (Fsp3) is 0.444. The Morgan fingerprint density at radius 2 is 2.05 bits per heavy atom. The van der Waals surface area contributed by atoms with Crippen molar-refractivity contribution in [1.29, 1.82) is 0 Å². The molecule has 1 aliphatic rings. The lowest BCUT2D eigenvalue weighted by molar-refractivity contribution is -0.139. The average Bonchev–Trinajstić information content (AvgIpc) is 3.43. The number of ether oxygens (including phenoxy) is 4. The van der Waals surface area contributed by atoms with Crippen LogP contribution in [0.2, 0.25) is 0 Å². The van der Waals surface area contributed by atoms with E-state index in [0.29, 0.717) is 18.7 Å². The average molecular weight is 547 g/mol. The van der Waals surface area contributed by atoms with Crippen molar-refractivity contribution >= 4 is 11.7 Å². The number of carbonyl (C=O) groups excluding carboxylic acids is 1. The first-order valence-corrected chi connectivity index (χ1v) is 12.6. The third kappa shape index (κ3) is 6.63. The fourth-order valence-electron chi connectivity index (χ4n) is 4.15. The zero-order valence-electron chi connectivity index (χ0n) is 22.4. The molecule has 3 heterocycles. The summed E-state index contributed by atoms with van der Waals surface area (Å²) in [6.07, 6.45) is 4.19. The van der Waals surface area contributed by atoms with E-state index in [-0.39, 0.29) is 41.8 Å². The van der Waals surface area contributed by atoms with Crippen molar-refractivity contribution in [3.8, 4) is 23.1 Å². The number of rotatable bonds is 10. The molecule has 2 aromatic heterocycles. The van der Waals surface area contributed by atoms with E-state index >= 15 is 0 Å². The summed E-state index contributed by atoms with van der Waals surface area (Å²) in [4.78, 5) is 21.9. The molecule has 4 rings (SSSR count). The smallest absolute Gasteiger partial charge is 0.248 e. The number of aromatic nitrogens is 3. The number of halogens is 2. The number of aromatic hydroxyl groups is 1. The summed E-state index contributed by atoms with van der Waals surface area (Å²) in [6, 6.07) is 2.47. The molecule has 10 nitrogen and oxygen atoms in total. The maximum Gasteiger partial charge on any atom is 0.248 e. The normalized spacial score (nSPS) is 17.3. The van der Waals surface area contributed by atoms with Crippen LogP contribution >= 0.6 is 0 Å². The molecule has 2 N–H and O–H groups in total. The van der Waals surface area contributed by atoms with Gasteiger partial charge in [-0.15, -0.1) is 0 Å². The first-order chi connectivity index (χ1) is 18.5. The molecule has 0 unspecified atom stereocenters. The molecule has 1 aliphatic heterocycles. The largest absolute Gasteiger partial charge is 0.494 e. The van der Waals surface area contributed by atoms with Gasteiger partial charge in [-0.1, -0.05) is 13.8 Å². The van der Waals surface area contributed by atoms with Crippen LogP contribution in [-0.4, -0.2) is 44.5 Å². The molecule has 0 spiro atoms. The molecule has 2 atom stereocenters. The van der Waals surface area contributed by atoms with Gasteiger partial charge in [0.1, 0.15) is 17.9 Å². The van der Waals surface area contributed by atoms with Gasteiger partial charge in [-0.2, -0.15) is 4.39 Å². The molecule has 0 saturated carbocycles. The van der Waals surface area contributed by atoms with Gasteiger partial charge in [0.25, 0.3) is 0 Å². The third-order valence-electron chi connectivity index (χ3n) is 5.93. The summed E-state index contributed by atoms with van der Waals surface area (Å²) in [7, 11) is 0. The minimum absolute atomic E-state index is 0.0565. The van der Waals surface area contributed by atoms with Crippen LogP contribution in [0.3, 0.4) is 0 Å². The Morgan fingerprint density at radius 1 is 1.28 bits per heavy atom. The van der Waals surface area contributed by atoms with Gasteiger partial charge >= 0.3 is 0 Å². The summed E-state index contributed by atoms with van der Waals surface area (Å²) < 4.78 is 52.3. The Morgan fingerprint density at radius 3 is 2.67 bits per heavy atom. The molecule has 1 aromatic carbocycles. The maximum absolute atomic E-state index is 14.7. The Bertz CT molecular complexity index is 1310. The zero-order chi connectivity index (χ0) is 28.3. The number of benzene rings is 1.